The van der Waals surface area contributed by atoms with E-state index in [1.807, 2.05) is 0 Å². The molecule has 0 aliphatic rings. The van der Waals surface area contributed by atoms with Crippen molar-refractivity contribution in [2.75, 3.05) is 11.1 Å². The minimum absolute atomic E-state index is 0.141. The van der Waals surface area contributed by atoms with Crippen LogP contribution < -0.4 is 11.1 Å². The largest absolute Gasteiger partial charge is 0.378 e. The molecular formula is C11H8BrClN4O2. The summed E-state index contributed by atoms with van der Waals surface area (Å²) in [6.45, 7) is 0. The van der Waals surface area contributed by atoms with E-state index in [4.69, 9.17) is 17.3 Å². The molecule has 0 bridgehead atoms. The Morgan fingerprint density at radius 1 is 1.37 bits per heavy atom. The number of nitrogens with two attached hydrogens (primary N) is 1. The highest BCUT2D eigenvalue weighted by atomic mass is 79.9. The van der Waals surface area contributed by atoms with Crippen molar-refractivity contribution in [3.63, 3.8) is 0 Å². The molecule has 2 rings (SSSR count). The molecule has 2 aromatic rings. The van der Waals surface area contributed by atoms with E-state index >= 15 is 0 Å². The molecule has 1 heterocycles. The van der Waals surface area contributed by atoms with E-state index in [2.05, 4.69) is 26.2 Å². The molecule has 3 N–H and O–H groups in total. The first kappa shape index (κ1) is 13.6. The van der Waals surface area contributed by atoms with Gasteiger partial charge in [0.1, 0.15) is 5.82 Å². The van der Waals surface area contributed by atoms with Crippen molar-refractivity contribution in [3.8, 4) is 0 Å². The molecule has 0 amide bonds. The molecule has 19 heavy (non-hydrogen) atoms. The second kappa shape index (κ2) is 5.41. The lowest BCUT2D eigenvalue weighted by molar-refractivity contribution is -0.384. The van der Waals surface area contributed by atoms with Gasteiger partial charge in [0.2, 0.25) is 5.82 Å². The highest BCUT2D eigenvalue weighted by Crippen LogP contribution is 2.28. The van der Waals surface area contributed by atoms with E-state index in [9.17, 15) is 10.1 Å². The molecule has 0 saturated carbocycles. The summed E-state index contributed by atoms with van der Waals surface area (Å²) in [5, 5.41) is 14.1. The molecule has 1 aromatic heterocycles. The summed E-state index contributed by atoms with van der Waals surface area (Å²) in [6, 6.07) is 8.04. The number of pyridine rings is 1. The van der Waals surface area contributed by atoms with E-state index < -0.39 is 4.92 Å². The topological polar surface area (TPSA) is 94.1 Å². The SMILES string of the molecule is Nc1nc(Nc2ccc(Br)c(Cl)c2)ccc1[N+](=O)[O-]. The number of benzene rings is 1. The van der Waals surface area contributed by atoms with E-state index in [1.165, 1.54) is 12.1 Å². The smallest absolute Gasteiger partial charge is 0.311 e. The summed E-state index contributed by atoms with van der Waals surface area (Å²) in [5.74, 6) is 0.264. The van der Waals surface area contributed by atoms with Crippen LogP contribution in [-0.2, 0) is 0 Å². The Hall–Kier alpha value is -1.86. The number of nitrogens with zero attached hydrogens (tertiary/aromatic N) is 2. The van der Waals surface area contributed by atoms with Crippen LogP contribution in [0.1, 0.15) is 0 Å². The van der Waals surface area contributed by atoms with Crippen LogP contribution in [0.15, 0.2) is 34.8 Å². The first-order chi connectivity index (χ1) is 8.97. The third kappa shape index (κ3) is 3.12. The monoisotopic (exact) mass is 342 g/mol. The molecule has 0 aliphatic heterocycles. The second-order valence-electron chi connectivity index (χ2n) is 3.61. The molecular weight excluding hydrogens is 336 g/mol. The first-order valence-electron chi connectivity index (χ1n) is 5.10. The number of nitro groups is 1. The summed E-state index contributed by atoms with van der Waals surface area (Å²) >= 11 is 9.24. The summed E-state index contributed by atoms with van der Waals surface area (Å²) in [7, 11) is 0. The molecule has 0 fully saturated rings. The Morgan fingerprint density at radius 3 is 2.68 bits per heavy atom. The Labute approximate surface area is 121 Å². The van der Waals surface area contributed by atoms with Crippen LogP contribution in [0, 0.1) is 10.1 Å². The Morgan fingerprint density at radius 2 is 2.11 bits per heavy atom. The van der Waals surface area contributed by atoms with Gasteiger partial charge in [-0.2, -0.15) is 0 Å². The number of hydrogen-bond donors (Lipinski definition) is 2. The second-order valence-corrected chi connectivity index (χ2v) is 4.87. The fraction of sp³-hybridized carbons (Fsp3) is 0. The van der Waals surface area contributed by atoms with E-state index in [1.54, 1.807) is 18.2 Å². The van der Waals surface area contributed by atoms with Gasteiger partial charge in [-0.25, -0.2) is 4.98 Å². The van der Waals surface area contributed by atoms with E-state index in [-0.39, 0.29) is 11.5 Å². The minimum atomic E-state index is -0.581. The van der Waals surface area contributed by atoms with Gasteiger partial charge in [0.25, 0.3) is 0 Å². The summed E-state index contributed by atoms with van der Waals surface area (Å²) in [4.78, 5) is 13.9. The van der Waals surface area contributed by atoms with Crippen molar-refractivity contribution in [2.24, 2.45) is 0 Å². The number of anilines is 3. The van der Waals surface area contributed by atoms with Crippen LogP contribution in [-0.4, -0.2) is 9.91 Å². The van der Waals surface area contributed by atoms with Crippen molar-refractivity contribution in [1.29, 1.82) is 0 Å². The molecule has 0 unspecified atom stereocenters. The van der Waals surface area contributed by atoms with E-state index in [0.29, 0.717) is 16.5 Å². The standard InChI is InChI=1S/C11H8BrClN4O2/c12-7-2-1-6(5-8(7)13)15-10-4-3-9(17(18)19)11(14)16-10/h1-5H,(H3,14,15,16). The number of halogens is 2. The highest BCUT2D eigenvalue weighted by Gasteiger charge is 2.12. The molecule has 0 radical (unpaired) electrons. The van der Waals surface area contributed by atoms with Gasteiger partial charge < -0.3 is 11.1 Å². The maximum Gasteiger partial charge on any atom is 0.311 e. The summed E-state index contributed by atoms with van der Waals surface area (Å²) < 4.78 is 0.774. The van der Waals surface area contributed by atoms with Crippen LogP contribution >= 0.6 is 27.5 Å². The number of nitrogen functional groups attached to an aromatic ring is 1. The maximum atomic E-state index is 10.6. The van der Waals surface area contributed by atoms with Crippen molar-refractivity contribution < 1.29 is 4.92 Å². The third-order valence-electron chi connectivity index (χ3n) is 2.29. The predicted molar refractivity (Wildman–Crippen MR) is 77.7 cm³/mol. The lowest BCUT2D eigenvalue weighted by Gasteiger charge is -2.07. The average molecular weight is 344 g/mol. The Balaban J connectivity index is 2.26. The van der Waals surface area contributed by atoms with Crippen LogP contribution in [0.4, 0.5) is 23.0 Å². The van der Waals surface area contributed by atoms with Gasteiger partial charge in [-0.1, -0.05) is 11.6 Å². The lowest BCUT2D eigenvalue weighted by atomic mass is 10.3. The number of rotatable bonds is 3. The van der Waals surface area contributed by atoms with Crippen LogP contribution in [0.25, 0.3) is 0 Å². The predicted octanol–water partition coefficient (Wildman–Crippen LogP) is 3.73. The lowest BCUT2D eigenvalue weighted by Crippen LogP contribution is -2.01. The van der Waals surface area contributed by atoms with Crippen molar-refractivity contribution in [1.82, 2.24) is 4.98 Å². The highest BCUT2D eigenvalue weighted by molar-refractivity contribution is 9.10. The van der Waals surface area contributed by atoms with Crippen molar-refractivity contribution in [3.05, 3.63) is 49.9 Å². The van der Waals surface area contributed by atoms with Crippen LogP contribution in [0.2, 0.25) is 5.02 Å². The van der Waals surface area contributed by atoms with Crippen LogP contribution in [0.5, 0.6) is 0 Å². The van der Waals surface area contributed by atoms with Crippen LogP contribution in [0.3, 0.4) is 0 Å². The van der Waals surface area contributed by atoms with Gasteiger partial charge in [-0.05, 0) is 40.2 Å². The number of nitrogens with one attached hydrogen (secondary N) is 1. The van der Waals surface area contributed by atoms with Crippen molar-refractivity contribution >= 4 is 50.5 Å². The minimum Gasteiger partial charge on any atom is -0.378 e. The number of aromatic nitrogens is 1. The van der Waals surface area contributed by atoms with Gasteiger partial charge in [0.15, 0.2) is 0 Å². The molecule has 1 aromatic carbocycles. The van der Waals surface area contributed by atoms with Gasteiger partial charge in [-0.3, -0.25) is 10.1 Å². The summed E-state index contributed by atoms with van der Waals surface area (Å²) in [6.07, 6.45) is 0. The molecule has 0 atom stereocenters. The zero-order chi connectivity index (χ0) is 14.0. The molecule has 6 nitrogen and oxygen atoms in total. The Bertz CT molecular complexity index is 651. The molecule has 98 valence electrons. The van der Waals surface area contributed by atoms with Gasteiger partial charge in [0, 0.05) is 16.2 Å². The quantitative estimate of drug-likeness (QED) is 0.654. The molecule has 0 saturated heterocycles. The van der Waals surface area contributed by atoms with E-state index in [0.717, 1.165) is 4.47 Å². The zero-order valence-electron chi connectivity index (χ0n) is 9.43. The third-order valence-corrected chi connectivity index (χ3v) is 3.52. The molecule has 8 heteroatoms. The fourth-order valence-corrected chi connectivity index (χ4v) is 1.84. The average Bonchev–Trinajstić information content (AvgIpc) is 2.33. The zero-order valence-corrected chi connectivity index (χ0v) is 11.8. The fourth-order valence-electron chi connectivity index (χ4n) is 1.41. The maximum absolute atomic E-state index is 10.6. The molecule has 0 spiro atoms. The van der Waals surface area contributed by atoms with Gasteiger partial charge in [-0.15, -0.1) is 0 Å². The molecule has 0 aliphatic carbocycles. The first-order valence-corrected chi connectivity index (χ1v) is 6.27. The van der Waals surface area contributed by atoms with Crippen molar-refractivity contribution in [2.45, 2.75) is 0 Å². The van der Waals surface area contributed by atoms with Gasteiger partial charge in [0.05, 0.1) is 9.95 Å². The van der Waals surface area contributed by atoms with Gasteiger partial charge >= 0.3 is 5.69 Å². The number of hydrogen-bond acceptors (Lipinski definition) is 5. The summed E-state index contributed by atoms with van der Waals surface area (Å²) in [5.41, 5.74) is 5.98. The normalized spacial score (nSPS) is 10.2. The Kier molecular flexibility index (Phi) is 3.87.